The topological polar surface area (TPSA) is 63.3 Å². The molecule has 0 saturated heterocycles. The van der Waals surface area contributed by atoms with E-state index in [-0.39, 0.29) is 38.2 Å². The van der Waals surface area contributed by atoms with Gasteiger partial charge in [-0.1, -0.05) is 31.7 Å². The summed E-state index contributed by atoms with van der Waals surface area (Å²) < 4.78 is 6.23. The molecule has 1 N–H and O–H groups in total. The minimum atomic E-state index is -0.578. The van der Waals surface area contributed by atoms with E-state index in [1.807, 2.05) is 24.3 Å². The molecule has 4 rings (SSSR count). The smallest absolute Gasteiger partial charge is 0.350 e. The van der Waals surface area contributed by atoms with E-state index >= 15 is 0 Å². The number of benzene rings is 2. The second-order valence-electron chi connectivity index (χ2n) is 4.60. The van der Waals surface area contributed by atoms with Gasteiger partial charge in [-0.2, -0.15) is 0 Å². The van der Waals surface area contributed by atoms with Crippen molar-refractivity contribution in [2.24, 2.45) is 0 Å². The fraction of sp³-hybridized carbons (Fsp3) is 0.0588. The molecule has 0 atom stereocenters. The minimum Gasteiger partial charge on any atom is -0.506 e. The first-order valence-electron chi connectivity index (χ1n) is 6.35. The number of aromatic nitrogens is 1. The molecule has 0 fully saturated rings. The summed E-state index contributed by atoms with van der Waals surface area (Å²) in [6, 6.07) is 14.5. The van der Waals surface area contributed by atoms with Crippen LogP contribution in [0.3, 0.4) is 0 Å². The van der Waals surface area contributed by atoms with Gasteiger partial charge in [0.15, 0.2) is 0 Å². The Labute approximate surface area is 149 Å². The van der Waals surface area contributed by atoms with E-state index in [0.717, 1.165) is 10.2 Å². The minimum absolute atomic E-state index is 0. The fourth-order valence-corrected chi connectivity index (χ4v) is 3.30. The van der Waals surface area contributed by atoms with Crippen LogP contribution in [0, 0.1) is 0 Å². The zero-order chi connectivity index (χ0) is 14.4. The number of nitrogens with zero attached hydrogens (tertiary/aromatic N) is 1. The Morgan fingerprint density at radius 1 is 1.04 bits per heavy atom. The van der Waals surface area contributed by atoms with Crippen molar-refractivity contribution in [3.8, 4) is 16.3 Å². The van der Waals surface area contributed by atoms with E-state index in [4.69, 9.17) is 4.42 Å². The molecule has 0 unspecified atom stereocenters. The Morgan fingerprint density at radius 3 is 2.52 bits per heavy atom. The van der Waals surface area contributed by atoms with Gasteiger partial charge in [0.1, 0.15) is 21.9 Å². The molecule has 4 aromatic rings. The van der Waals surface area contributed by atoms with Crippen molar-refractivity contribution >= 4 is 32.5 Å². The maximum atomic E-state index is 12.2. The van der Waals surface area contributed by atoms with Gasteiger partial charge in [-0.05, 0) is 24.3 Å². The Kier molecular flexibility index (Phi) is 4.98. The van der Waals surface area contributed by atoms with E-state index < -0.39 is 5.63 Å². The van der Waals surface area contributed by atoms with Crippen LogP contribution in [0.15, 0.2) is 57.7 Å². The molecule has 0 amide bonds. The molecule has 0 bridgehead atoms. The maximum absolute atomic E-state index is 12.2. The Hall–Kier alpha value is -2.04. The van der Waals surface area contributed by atoms with Crippen molar-refractivity contribution in [1.82, 2.24) is 4.98 Å². The van der Waals surface area contributed by atoms with Crippen LogP contribution in [0.2, 0.25) is 0 Å². The summed E-state index contributed by atoms with van der Waals surface area (Å²) in [4.78, 5) is 16.6. The summed E-state index contributed by atoms with van der Waals surface area (Å²) in [6.45, 7) is 0. The number of hydrogen-bond donors (Lipinski definition) is 1. The molecule has 2 aromatic carbocycles. The normalized spacial score (nSPS) is 10.3. The van der Waals surface area contributed by atoms with Crippen LogP contribution in [-0.2, 0) is 19.5 Å². The molecule has 0 aliphatic rings. The molecule has 0 radical (unpaired) electrons. The molecular weight excluding hydrogens is 364 g/mol. The first kappa shape index (κ1) is 17.3. The number of rotatable bonds is 1. The van der Waals surface area contributed by atoms with Gasteiger partial charge in [0.2, 0.25) is 0 Å². The monoisotopic (exact) mass is 375 g/mol. The summed E-state index contributed by atoms with van der Waals surface area (Å²) in [7, 11) is 0. The number of fused-ring (bicyclic) bond motifs is 2. The number of thiazole rings is 1. The number of hydrogen-bond acceptors (Lipinski definition) is 5. The van der Waals surface area contributed by atoms with Crippen LogP contribution in [-0.4, -0.2) is 10.1 Å². The molecule has 4 nitrogen and oxygen atoms in total. The SMILES string of the molecule is C.O=c1oc2ccccc2c(O)c1-c1nc2ccccc2s1.[Zn]. The van der Waals surface area contributed by atoms with Gasteiger partial charge < -0.3 is 9.52 Å². The van der Waals surface area contributed by atoms with E-state index in [1.54, 1.807) is 24.3 Å². The van der Waals surface area contributed by atoms with Crippen LogP contribution < -0.4 is 5.63 Å². The molecule has 23 heavy (non-hydrogen) atoms. The molecule has 0 aliphatic heterocycles. The van der Waals surface area contributed by atoms with E-state index in [1.165, 1.54) is 11.3 Å². The third-order valence-electron chi connectivity index (χ3n) is 3.29. The van der Waals surface area contributed by atoms with Gasteiger partial charge in [0.25, 0.3) is 0 Å². The van der Waals surface area contributed by atoms with Crippen molar-refractivity contribution < 1.29 is 29.0 Å². The third-order valence-corrected chi connectivity index (χ3v) is 4.35. The molecule has 2 heterocycles. The first-order valence-corrected chi connectivity index (χ1v) is 7.16. The van der Waals surface area contributed by atoms with Gasteiger partial charge in [-0.3, -0.25) is 0 Å². The summed E-state index contributed by atoms with van der Waals surface area (Å²) in [6.07, 6.45) is 0. The zero-order valence-electron chi connectivity index (χ0n) is 11.4. The van der Waals surface area contributed by atoms with Gasteiger partial charge >= 0.3 is 5.63 Å². The van der Waals surface area contributed by atoms with Gasteiger partial charge in [0, 0.05) is 19.5 Å². The number of para-hydroxylation sites is 2. The molecular formula is C17H13NO3SZn. The average Bonchev–Trinajstić information content (AvgIpc) is 2.90. The second-order valence-corrected chi connectivity index (χ2v) is 5.63. The van der Waals surface area contributed by atoms with E-state index in [0.29, 0.717) is 16.0 Å². The number of aromatic hydroxyl groups is 1. The third kappa shape index (κ3) is 2.80. The molecule has 6 heteroatoms. The van der Waals surface area contributed by atoms with Crippen LogP contribution in [0.4, 0.5) is 0 Å². The Balaban J connectivity index is 0.000000960. The standard InChI is InChI=1S/C16H9NO3S.CH4.Zn/c18-14-9-5-1-3-7-11(9)20-16(19)13(14)15-17-10-6-2-4-8-12(10)21-15;;/h1-8,18H;1H4;. The first-order chi connectivity index (χ1) is 10.2. The van der Waals surface area contributed by atoms with E-state index in [2.05, 4.69) is 4.98 Å². The van der Waals surface area contributed by atoms with E-state index in [9.17, 15) is 9.90 Å². The van der Waals surface area contributed by atoms with Gasteiger partial charge in [0.05, 0.1) is 15.6 Å². The second kappa shape index (κ2) is 6.61. The molecule has 0 saturated carbocycles. The predicted molar refractivity (Wildman–Crippen MR) is 89.5 cm³/mol. The van der Waals surface area contributed by atoms with Crippen LogP contribution >= 0.6 is 11.3 Å². The molecule has 0 aliphatic carbocycles. The molecule has 2 aromatic heterocycles. The van der Waals surface area contributed by atoms with Crippen LogP contribution in [0.25, 0.3) is 31.8 Å². The largest absolute Gasteiger partial charge is 0.506 e. The summed E-state index contributed by atoms with van der Waals surface area (Å²) >= 11 is 1.36. The van der Waals surface area contributed by atoms with Crippen molar-refractivity contribution in [3.05, 3.63) is 59.0 Å². The van der Waals surface area contributed by atoms with Gasteiger partial charge in [-0.25, -0.2) is 9.78 Å². The maximum Gasteiger partial charge on any atom is 0.350 e. The Bertz CT molecular complexity index is 1010. The van der Waals surface area contributed by atoms with Crippen LogP contribution in [0.5, 0.6) is 5.75 Å². The van der Waals surface area contributed by atoms with Crippen molar-refractivity contribution in [2.45, 2.75) is 7.43 Å². The quantitative estimate of drug-likeness (QED) is 0.395. The predicted octanol–water partition coefficient (Wildman–Crippen LogP) is 4.41. The van der Waals surface area contributed by atoms with Gasteiger partial charge in [-0.15, -0.1) is 11.3 Å². The molecule has 112 valence electrons. The molecule has 0 spiro atoms. The van der Waals surface area contributed by atoms with Crippen molar-refractivity contribution in [1.29, 1.82) is 0 Å². The summed E-state index contributed by atoms with van der Waals surface area (Å²) in [5.74, 6) is -0.0825. The van der Waals surface area contributed by atoms with Crippen molar-refractivity contribution in [3.63, 3.8) is 0 Å². The fourth-order valence-electron chi connectivity index (χ4n) is 2.30. The van der Waals surface area contributed by atoms with Crippen LogP contribution in [0.1, 0.15) is 7.43 Å². The average molecular weight is 377 g/mol. The summed E-state index contributed by atoms with van der Waals surface area (Å²) in [5.41, 5.74) is 0.703. The Morgan fingerprint density at radius 2 is 1.74 bits per heavy atom. The summed E-state index contributed by atoms with van der Waals surface area (Å²) in [5, 5.41) is 11.4. The zero-order valence-corrected chi connectivity index (χ0v) is 15.2. The van der Waals surface area contributed by atoms with Crippen molar-refractivity contribution in [2.75, 3.05) is 0 Å².